The molecule has 10 heteroatoms. The topological polar surface area (TPSA) is 62.5 Å². The van der Waals surface area contributed by atoms with E-state index in [-0.39, 0.29) is 42.5 Å². The molecule has 0 radical (unpaired) electrons. The first-order chi connectivity index (χ1) is 11.3. The van der Waals surface area contributed by atoms with E-state index < -0.39 is 35.4 Å². The van der Waals surface area contributed by atoms with Crippen LogP contribution >= 0.6 is 24.0 Å². The third-order valence-electron chi connectivity index (χ3n) is 3.34. The third kappa shape index (κ3) is 5.06. The smallest absolute Gasteiger partial charge is 0.214 e. The Labute approximate surface area is 158 Å². The summed E-state index contributed by atoms with van der Waals surface area (Å²) in [5, 5.41) is 5.38. The van der Waals surface area contributed by atoms with E-state index in [0.717, 1.165) is 5.69 Å². The van der Waals surface area contributed by atoms with Gasteiger partial charge in [0.2, 0.25) is 5.89 Å². The van der Waals surface area contributed by atoms with Crippen LogP contribution in [0.25, 0.3) is 0 Å². The van der Waals surface area contributed by atoms with Crippen molar-refractivity contribution in [2.45, 2.75) is 26.9 Å². The van der Waals surface area contributed by atoms with Gasteiger partial charge in [0, 0.05) is 25.2 Å². The lowest BCUT2D eigenvalue weighted by atomic mass is 10.2. The molecule has 2 N–H and O–H groups in total. The quantitative estimate of drug-likeness (QED) is 0.236. The normalized spacial score (nSPS) is 11.2. The number of guanidine groups is 1. The highest BCUT2D eigenvalue weighted by Crippen LogP contribution is 2.19. The summed E-state index contributed by atoms with van der Waals surface area (Å²) in [5.74, 6) is -4.58. The number of aryl methyl sites for hydroxylation is 2. The maximum Gasteiger partial charge on any atom is 0.214 e. The highest BCUT2D eigenvalue weighted by molar-refractivity contribution is 14.0. The van der Waals surface area contributed by atoms with E-state index in [2.05, 4.69) is 20.6 Å². The molecule has 5 nitrogen and oxygen atoms in total. The highest BCUT2D eigenvalue weighted by atomic mass is 127. The molecule has 1 aromatic heterocycles. The Kier molecular flexibility index (Phi) is 7.64. The number of nitrogens with one attached hydrogen (secondary N) is 2. The van der Waals surface area contributed by atoms with Gasteiger partial charge in [-0.25, -0.2) is 22.5 Å². The molecule has 0 aliphatic carbocycles. The van der Waals surface area contributed by atoms with Crippen LogP contribution in [-0.4, -0.2) is 18.0 Å². The van der Waals surface area contributed by atoms with Crippen LogP contribution in [0, 0.1) is 37.1 Å². The predicted molar refractivity (Wildman–Crippen MR) is 94.7 cm³/mol. The lowest BCUT2D eigenvalue weighted by molar-refractivity contribution is 0.436. The minimum atomic E-state index is -1.46. The van der Waals surface area contributed by atoms with Gasteiger partial charge in [-0.15, -0.1) is 24.0 Å². The average molecular weight is 472 g/mol. The van der Waals surface area contributed by atoms with Gasteiger partial charge in [0.15, 0.2) is 29.2 Å². The maximum atomic E-state index is 13.6. The monoisotopic (exact) mass is 472 g/mol. The van der Waals surface area contributed by atoms with Crippen molar-refractivity contribution >= 4 is 29.9 Å². The number of halogens is 5. The SMILES string of the molecule is CN=C(NCc1nc(C)c(C)o1)NCc1c(F)c(F)cc(F)c1F.I. The number of hydrogen-bond donors (Lipinski definition) is 2. The second-order valence-corrected chi connectivity index (χ2v) is 4.98. The zero-order chi connectivity index (χ0) is 17.9. The molecule has 0 atom stereocenters. The van der Waals surface area contributed by atoms with E-state index in [9.17, 15) is 17.6 Å². The lowest BCUT2D eigenvalue weighted by Crippen LogP contribution is -2.37. The number of benzene rings is 1. The molecule has 0 saturated carbocycles. The first-order valence-electron chi connectivity index (χ1n) is 7.02. The Morgan fingerprint density at radius 3 is 2.12 bits per heavy atom. The van der Waals surface area contributed by atoms with E-state index in [1.807, 2.05) is 0 Å². The van der Waals surface area contributed by atoms with Crippen molar-refractivity contribution < 1.29 is 22.0 Å². The molecule has 25 heavy (non-hydrogen) atoms. The summed E-state index contributed by atoms with van der Waals surface area (Å²) in [6.07, 6.45) is 0. The summed E-state index contributed by atoms with van der Waals surface area (Å²) in [4.78, 5) is 8.00. The van der Waals surface area contributed by atoms with Crippen LogP contribution in [0.15, 0.2) is 15.5 Å². The van der Waals surface area contributed by atoms with Gasteiger partial charge >= 0.3 is 0 Å². The largest absolute Gasteiger partial charge is 0.444 e. The van der Waals surface area contributed by atoms with Gasteiger partial charge in [-0.2, -0.15) is 0 Å². The van der Waals surface area contributed by atoms with Crippen molar-refractivity contribution in [1.29, 1.82) is 0 Å². The number of nitrogens with zero attached hydrogens (tertiary/aromatic N) is 2. The fraction of sp³-hybridized carbons (Fsp3) is 0.333. The Morgan fingerprint density at radius 1 is 1.08 bits per heavy atom. The van der Waals surface area contributed by atoms with Crippen LogP contribution in [0.1, 0.15) is 22.9 Å². The minimum Gasteiger partial charge on any atom is -0.444 e. The summed E-state index contributed by atoms with van der Waals surface area (Å²) < 4.78 is 58.9. The minimum absolute atomic E-state index is 0. The zero-order valence-electron chi connectivity index (χ0n) is 13.7. The molecule has 0 aliphatic heterocycles. The van der Waals surface area contributed by atoms with E-state index in [1.165, 1.54) is 7.05 Å². The van der Waals surface area contributed by atoms with Gasteiger partial charge in [-0.3, -0.25) is 4.99 Å². The molecule has 0 amide bonds. The number of aromatic nitrogens is 1. The van der Waals surface area contributed by atoms with E-state index >= 15 is 0 Å². The van der Waals surface area contributed by atoms with Crippen LogP contribution in [0.2, 0.25) is 0 Å². The molecular weight excluding hydrogens is 455 g/mol. The van der Waals surface area contributed by atoms with E-state index in [0.29, 0.717) is 11.7 Å². The standard InChI is InChI=1S/C15H16F4N4O.HI/c1-7-8(2)24-12(23-7)6-22-15(20-3)21-5-9-13(18)10(16)4-11(17)14(9)19;/h4H,5-6H2,1-3H3,(H2,20,21,22);1H. The van der Waals surface area contributed by atoms with Crippen molar-refractivity contribution in [2.24, 2.45) is 4.99 Å². The van der Waals surface area contributed by atoms with Crippen molar-refractivity contribution in [3.63, 3.8) is 0 Å². The van der Waals surface area contributed by atoms with Crippen LogP contribution < -0.4 is 10.6 Å². The van der Waals surface area contributed by atoms with Gasteiger partial charge < -0.3 is 15.1 Å². The fourth-order valence-corrected chi connectivity index (χ4v) is 1.94. The number of oxazole rings is 1. The summed E-state index contributed by atoms with van der Waals surface area (Å²) in [6, 6.07) is 0.161. The Balaban J connectivity index is 0.00000312. The van der Waals surface area contributed by atoms with Gasteiger partial charge in [-0.05, 0) is 13.8 Å². The molecule has 0 fully saturated rings. The van der Waals surface area contributed by atoms with Crippen molar-refractivity contribution in [3.8, 4) is 0 Å². The molecule has 1 aromatic carbocycles. The third-order valence-corrected chi connectivity index (χ3v) is 3.34. The Morgan fingerprint density at radius 2 is 1.64 bits per heavy atom. The van der Waals surface area contributed by atoms with Gasteiger partial charge in [-0.1, -0.05) is 0 Å². The molecule has 0 unspecified atom stereocenters. The summed E-state index contributed by atoms with van der Waals surface area (Å²) >= 11 is 0. The molecule has 0 spiro atoms. The van der Waals surface area contributed by atoms with Crippen LogP contribution in [0.3, 0.4) is 0 Å². The number of hydrogen-bond acceptors (Lipinski definition) is 3. The molecule has 2 rings (SSSR count). The van der Waals surface area contributed by atoms with E-state index in [4.69, 9.17) is 4.42 Å². The maximum absolute atomic E-state index is 13.6. The molecule has 0 bridgehead atoms. The Hall–Kier alpha value is -1.85. The van der Waals surface area contributed by atoms with Crippen molar-refractivity contribution in [2.75, 3.05) is 7.05 Å². The highest BCUT2D eigenvalue weighted by Gasteiger charge is 2.19. The second kappa shape index (κ2) is 9.02. The zero-order valence-corrected chi connectivity index (χ0v) is 16.0. The van der Waals surface area contributed by atoms with Gasteiger partial charge in [0.05, 0.1) is 12.2 Å². The molecule has 0 aliphatic rings. The summed E-state index contributed by atoms with van der Waals surface area (Å²) in [5.41, 5.74) is -0.00705. The molecular formula is C15H17F4IN4O. The number of aliphatic imine (C=N–C) groups is 1. The van der Waals surface area contributed by atoms with Gasteiger partial charge in [0.1, 0.15) is 5.76 Å². The number of rotatable bonds is 4. The second-order valence-electron chi connectivity index (χ2n) is 4.98. The van der Waals surface area contributed by atoms with Crippen LogP contribution in [0.4, 0.5) is 17.6 Å². The van der Waals surface area contributed by atoms with Crippen molar-refractivity contribution in [3.05, 3.63) is 52.2 Å². The molecule has 138 valence electrons. The predicted octanol–water partition coefficient (Wildman–Crippen LogP) is 3.33. The first kappa shape index (κ1) is 21.2. The van der Waals surface area contributed by atoms with E-state index in [1.54, 1.807) is 13.8 Å². The summed E-state index contributed by atoms with van der Waals surface area (Å²) in [6.45, 7) is 3.24. The van der Waals surface area contributed by atoms with Crippen molar-refractivity contribution in [1.82, 2.24) is 15.6 Å². The lowest BCUT2D eigenvalue weighted by Gasteiger charge is -2.12. The van der Waals surface area contributed by atoms with Crippen LogP contribution in [0.5, 0.6) is 0 Å². The fourth-order valence-electron chi connectivity index (χ4n) is 1.94. The molecule has 1 heterocycles. The summed E-state index contributed by atoms with van der Waals surface area (Å²) in [7, 11) is 1.43. The average Bonchev–Trinajstić information content (AvgIpc) is 2.86. The Bertz CT molecular complexity index is 734. The van der Waals surface area contributed by atoms with Crippen LogP contribution in [-0.2, 0) is 13.1 Å². The first-order valence-corrected chi connectivity index (χ1v) is 7.02. The molecule has 2 aromatic rings. The van der Waals surface area contributed by atoms with Gasteiger partial charge in [0.25, 0.3) is 0 Å². The molecule has 0 saturated heterocycles.